The van der Waals surface area contributed by atoms with Crippen LogP contribution in [-0.4, -0.2) is 36.8 Å². The molecule has 1 aromatic carbocycles. The molecule has 0 aliphatic carbocycles. The second kappa shape index (κ2) is 7.82. The van der Waals surface area contributed by atoms with E-state index in [1.807, 2.05) is 6.07 Å². The van der Waals surface area contributed by atoms with Crippen LogP contribution in [0.4, 0.5) is 13.2 Å². The van der Waals surface area contributed by atoms with Crippen molar-refractivity contribution >= 4 is 5.91 Å². The number of amides is 1. The van der Waals surface area contributed by atoms with Crippen LogP contribution in [0.25, 0.3) is 0 Å². The molecule has 1 N–H and O–H groups in total. The number of nitrogens with zero attached hydrogens (tertiary/aromatic N) is 1. The van der Waals surface area contributed by atoms with Crippen LogP contribution in [0.1, 0.15) is 35.0 Å². The highest BCUT2D eigenvalue weighted by Gasteiger charge is 2.31. The highest BCUT2D eigenvalue weighted by Crippen LogP contribution is 2.25. The number of rotatable bonds is 6. The number of likely N-dealkylation sites (tertiary alicyclic amines) is 1. The fourth-order valence-corrected chi connectivity index (χ4v) is 3.04. The average Bonchev–Trinajstić information content (AvgIpc) is 3.28. The molecule has 0 spiro atoms. The van der Waals surface area contributed by atoms with Crippen LogP contribution in [0.3, 0.4) is 0 Å². The van der Waals surface area contributed by atoms with E-state index >= 15 is 0 Å². The van der Waals surface area contributed by atoms with Crippen molar-refractivity contribution in [3.63, 3.8) is 0 Å². The molecule has 0 saturated carbocycles. The first-order valence-electron chi connectivity index (χ1n) is 8.34. The van der Waals surface area contributed by atoms with Gasteiger partial charge in [0.25, 0.3) is 5.91 Å². The molecule has 1 aliphatic rings. The summed E-state index contributed by atoms with van der Waals surface area (Å²) in [5.41, 5.74) is 0.263. The summed E-state index contributed by atoms with van der Waals surface area (Å²) >= 11 is 0. The minimum Gasteiger partial charge on any atom is -0.468 e. The van der Waals surface area contributed by atoms with Crippen LogP contribution in [-0.2, 0) is 0 Å². The monoisotopic (exact) mass is 368 g/mol. The van der Waals surface area contributed by atoms with Gasteiger partial charge in [0.15, 0.2) is 0 Å². The fourth-order valence-electron chi connectivity index (χ4n) is 3.04. The third-order valence-electron chi connectivity index (χ3n) is 4.26. The molecule has 1 fully saturated rings. The van der Waals surface area contributed by atoms with Gasteiger partial charge in [-0.1, -0.05) is 0 Å². The summed E-state index contributed by atoms with van der Waals surface area (Å²) in [6.07, 6.45) is -0.951. The summed E-state index contributed by atoms with van der Waals surface area (Å²) in [5.74, 6) is 0.0556. The molecule has 0 unspecified atom stereocenters. The van der Waals surface area contributed by atoms with Crippen molar-refractivity contribution in [3.8, 4) is 5.75 Å². The predicted octanol–water partition coefficient (Wildman–Crippen LogP) is 3.75. The molecule has 1 atom stereocenters. The summed E-state index contributed by atoms with van der Waals surface area (Å²) in [7, 11) is 0. The van der Waals surface area contributed by atoms with Gasteiger partial charge in [-0.15, -0.1) is 13.2 Å². The number of benzene rings is 1. The summed E-state index contributed by atoms with van der Waals surface area (Å²) < 4.78 is 45.8. The molecule has 0 bridgehead atoms. The second-order valence-electron chi connectivity index (χ2n) is 6.06. The predicted molar refractivity (Wildman–Crippen MR) is 87.7 cm³/mol. The molecular formula is C18H19F3N2O3. The van der Waals surface area contributed by atoms with E-state index in [-0.39, 0.29) is 23.3 Å². The SMILES string of the molecule is O=C(NC[C@@H](c1ccco1)N1CCCC1)c1ccc(OC(F)(F)F)cc1. The third-order valence-corrected chi connectivity index (χ3v) is 4.26. The lowest BCUT2D eigenvalue weighted by Crippen LogP contribution is -2.36. The molecule has 1 aromatic heterocycles. The number of ether oxygens (including phenoxy) is 1. The van der Waals surface area contributed by atoms with Crippen molar-refractivity contribution < 1.29 is 27.1 Å². The first kappa shape index (κ1) is 18.3. The molecule has 1 aliphatic heterocycles. The van der Waals surface area contributed by atoms with Crippen LogP contribution in [0.15, 0.2) is 47.1 Å². The number of carbonyl (C=O) groups is 1. The lowest BCUT2D eigenvalue weighted by atomic mass is 10.1. The summed E-state index contributed by atoms with van der Waals surface area (Å²) in [5, 5.41) is 2.83. The quantitative estimate of drug-likeness (QED) is 0.844. The maximum atomic E-state index is 12.3. The number of hydrogen-bond acceptors (Lipinski definition) is 4. The zero-order chi connectivity index (χ0) is 18.6. The van der Waals surface area contributed by atoms with Gasteiger partial charge in [0.1, 0.15) is 11.5 Å². The van der Waals surface area contributed by atoms with Gasteiger partial charge in [-0.25, -0.2) is 0 Å². The zero-order valence-electron chi connectivity index (χ0n) is 14.0. The van der Waals surface area contributed by atoms with E-state index in [0.717, 1.165) is 43.8 Å². The molecule has 8 heteroatoms. The molecular weight excluding hydrogens is 349 g/mol. The molecule has 140 valence electrons. The van der Waals surface area contributed by atoms with E-state index in [4.69, 9.17) is 4.42 Å². The molecule has 2 heterocycles. The van der Waals surface area contributed by atoms with Gasteiger partial charge in [0.2, 0.25) is 0 Å². The largest absolute Gasteiger partial charge is 0.573 e. The molecule has 1 amide bonds. The Labute approximate surface area is 148 Å². The van der Waals surface area contributed by atoms with E-state index in [0.29, 0.717) is 6.54 Å². The van der Waals surface area contributed by atoms with Crippen molar-refractivity contribution in [1.82, 2.24) is 10.2 Å². The van der Waals surface area contributed by atoms with Crippen LogP contribution in [0.2, 0.25) is 0 Å². The summed E-state index contributed by atoms with van der Waals surface area (Å²) in [6, 6.07) is 8.45. The maximum Gasteiger partial charge on any atom is 0.573 e. The maximum absolute atomic E-state index is 12.3. The van der Waals surface area contributed by atoms with Gasteiger partial charge in [-0.2, -0.15) is 0 Å². The first-order valence-corrected chi connectivity index (χ1v) is 8.34. The molecule has 3 rings (SSSR count). The van der Waals surface area contributed by atoms with Crippen molar-refractivity contribution in [2.24, 2.45) is 0 Å². The Hall–Kier alpha value is -2.48. The molecule has 5 nitrogen and oxygen atoms in total. The normalized spacial score (nSPS) is 16.4. The zero-order valence-corrected chi connectivity index (χ0v) is 14.0. The van der Waals surface area contributed by atoms with E-state index in [2.05, 4.69) is 15.0 Å². The Kier molecular flexibility index (Phi) is 5.51. The Morgan fingerprint density at radius 2 is 1.88 bits per heavy atom. The Balaban J connectivity index is 1.61. The number of carbonyl (C=O) groups excluding carboxylic acids is 1. The van der Waals surface area contributed by atoms with E-state index in [9.17, 15) is 18.0 Å². The lowest BCUT2D eigenvalue weighted by Gasteiger charge is -2.26. The van der Waals surface area contributed by atoms with Gasteiger partial charge < -0.3 is 14.5 Å². The lowest BCUT2D eigenvalue weighted by molar-refractivity contribution is -0.274. The van der Waals surface area contributed by atoms with Gasteiger partial charge in [-0.05, 0) is 62.3 Å². The number of hydrogen-bond donors (Lipinski definition) is 1. The van der Waals surface area contributed by atoms with Gasteiger partial charge >= 0.3 is 6.36 Å². The minimum absolute atomic E-state index is 0.0655. The molecule has 1 saturated heterocycles. The van der Waals surface area contributed by atoms with Crippen LogP contribution in [0, 0.1) is 0 Å². The first-order chi connectivity index (χ1) is 12.4. The van der Waals surface area contributed by atoms with Crippen molar-refractivity contribution in [2.75, 3.05) is 19.6 Å². The van der Waals surface area contributed by atoms with Gasteiger partial charge in [0.05, 0.1) is 12.3 Å². The van der Waals surface area contributed by atoms with E-state index in [1.165, 1.54) is 12.1 Å². The summed E-state index contributed by atoms with van der Waals surface area (Å²) in [6.45, 7) is 2.22. The smallest absolute Gasteiger partial charge is 0.468 e. The second-order valence-corrected chi connectivity index (χ2v) is 6.06. The Bertz CT molecular complexity index is 708. The van der Waals surface area contributed by atoms with Crippen molar-refractivity contribution in [3.05, 3.63) is 54.0 Å². The summed E-state index contributed by atoms with van der Waals surface area (Å²) in [4.78, 5) is 14.6. The van der Waals surface area contributed by atoms with Crippen molar-refractivity contribution in [1.29, 1.82) is 0 Å². The standard InChI is InChI=1S/C18H19F3N2O3/c19-18(20,21)26-14-7-5-13(6-8-14)17(24)22-12-15(16-4-3-11-25-16)23-9-1-2-10-23/h3-8,11,15H,1-2,9-10,12H2,(H,22,24)/t15-/m0/s1. The van der Waals surface area contributed by atoms with Crippen LogP contribution in [0.5, 0.6) is 5.75 Å². The Morgan fingerprint density at radius 1 is 1.19 bits per heavy atom. The topological polar surface area (TPSA) is 54.7 Å². The van der Waals surface area contributed by atoms with Gasteiger partial charge in [-0.3, -0.25) is 9.69 Å². The van der Waals surface area contributed by atoms with Crippen LogP contribution >= 0.6 is 0 Å². The van der Waals surface area contributed by atoms with Crippen LogP contribution < -0.4 is 10.1 Å². The van der Waals surface area contributed by atoms with E-state index in [1.54, 1.807) is 12.3 Å². The molecule has 0 radical (unpaired) electrons. The number of nitrogens with one attached hydrogen (secondary N) is 1. The molecule has 26 heavy (non-hydrogen) atoms. The third kappa shape index (κ3) is 4.78. The number of halogens is 3. The average molecular weight is 368 g/mol. The van der Waals surface area contributed by atoms with Gasteiger partial charge in [0, 0.05) is 12.1 Å². The van der Waals surface area contributed by atoms with E-state index < -0.39 is 6.36 Å². The minimum atomic E-state index is -4.75. The number of alkyl halides is 3. The number of furan rings is 1. The molecule has 2 aromatic rings. The van der Waals surface area contributed by atoms with Crippen molar-refractivity contribution in [2.45, 2.75) is 25.2 Å². The fraction of sp³-hybridized carbons (Fsp3) is 0.389. The highest BCUT2D eigenvalue weighted by atomic mass is 19.4. The Morgan fingerprint density at radius 3 is 2.46 bits per heavy atom. The highest BCUT2D eigenvalue weighted by molar-refractivity contribution is 5.94.